The van der Waals surface area contributed by atoms with E-state index in [1.54, 1.807) is 21.6 Å². The maximum Gasteiger partial charge on any atom is 0.500 e. The van der Waals surface area contributed by atoms with E-state index < -0.39 is 29.6 Å². The SMILES string of the molecule is CCC[Si](CCCNC(=O)OCCSSCCOC(=O)NCCC[Si](OCC)(OCC)OCC)(OCC)OCC. The number of rotatable bonds is 27. The third-order valence-corrected chi connectivity index (χ3v) is 14.8. The highest BCUT2D eigenvalue weighted by Gasteiger charge is 2.39. The van der Waals surface area contributed by atoms with Gasteiger partial charge in [0.05, 0.1) is 0 Å². The van der Waals surface area contributed by atoms with Crippen LogP contribution in [0.25, 0.3) is 0 Å². The molecule has 0 radical (unpaired) electrons. The maximum absolute atomic E-state index is 11.9. The molecule has 238 valence electrons. The first-order chi connectivity index (χ1) is 19.4. The third kappa shape index (κ3) is 19.6. The van der Waals surface area contributed by atoms with Gasteiger partial charge in [-0.1, -0.05) is 34.9 Å². The monoisotopic (exact) mass is 646 g/mol. The van der Waals surface area contributed by atoms with Gasteiger partial charge in [0.2, 0.25) is 0 Å². The largest absolute Gasteiger partial charge is 0.500 e. The molecule has 0 heterocycles. The highest BCUT2D eigenvalue weighted by Crippen LogP contribution is 2.23. The van der Waals surface area contributed by atoms with Gasteiger partial charge in [-0.05, 0) is 59.5 Å². The van der Waals surface area contributed by atoms with Gasteiger partial charge in [0.15, 0.2) is 0 Å². The van der Waals surface area contributed by atoms with Gasteiger partial charge in [-0.25, -0.2) is 9.59 Å². The number of carbonyl (C=O) groups is 2. The molecule has 2 amide bonds. The summed E-state index contributed by atoms with van der Waals surface area (Å²) in [5, 5.41) is 5.56. The Balaban J connectivity index is 3.86. The Morgan fingerprint density at radius 1 is 0.600 bits per heavy atom. The van der Waals surface area contributed by atoms with Gasteiger partial charge in [-0.3, -0.25) is 0 Å². The van der Waals surface area contributed by atoms with E-state index in [0.717, 1.165) is 24.9 Å². The lowest BCUT2D eigenvalue weighted by molar-refractivity contribution is 0.0706. The molecule has 0 rings (SSSR count). The fraction of sp³-hybridized carbons (Fsp3) is 0.920. The second-order valence-electron chi connectivity index (χ2n) is 8.49. The Labute approximate surface area is 252 Å². The Morgan fingerprint density at radius 2 is 1.02 bits per heavy atom. The van der Waals surface area contributed by atoms with Crippen molar-refractivity contribution in [3.05, 3.63) is 0 Å². The van der Waals surface area contributed by atoms with Crippen LogP contribution in [-0.2, 0) is 31.6 Å². The molecule has 0 atom stereocenters. The summed E-state index contributed by atoms with van der Waals surface area (Å²) in [7, 11) is -1.75. The van der Waals surface area contributed by atoms with Crippen LogP contribution in [0.1, 0.15) is 60.8 Å². The summed E-state index contributed by atoms with van der Waals surface area (Å²) in [6.45, 7) is 16.4. The predicted octanol–water partition coefficient (Wildman–Crippen LogP) is 5.57. The van der Waals surface area contributed by atoms with Crippen molar-refractivity contribution in [1.82, 2.24) is 10.6 Å². The van der Waals surface area contributed by atoms with Crippen LogP contribution in [0.5, 0.6) is 0 Å². The Morgan fingerprint density at radius 3 is 1.43 bits per heavy atom. The second-order valence-corrected chi connectivity index (χ2v) is 17.3. The molecule has 0 saturated carbocycles. The zero-order valence-corrected chi connectivity index (χ0v) is 29.1. The Hall–Kier alpha value is -0.526. The number of amides is 2. The quantitative estimate of drug-likeness (QED) is 0.0661. The van der Waals surface area contributed by atoms with Crippen LogP contribution in [-0.4, -0.2) is 100 Å². The van der Waals surface area contributed by atoms with Crippen molar-refractivity contribution in [1.29, 1.82) is 0 Å². The van der Waals surface area contributed by atoms with Gasteiger partial charge < -0.3 is 42.2 Å². The number of nitrogens with one attached hydrogen (secondary N) is 2. The third-order valence-electron chi connectivity index (χ3n) is 5.35. The van der Waals surface area contributed by atoms with Gasteiger partial charge >= 0.3 is 29.6 Å². The molecule has 0 aliphatic rings. The first-order valence-corrected chi connectivity index (χ1v) is 21.3. The van der Waals surface area contributed by atoms with Crippen LogP contribution in [0.3, 0.4) is 0 Å². The van der Waals surface area contributed by atoms with E-state index in [2.05, 4.69) is 17.6 Å². The maximum atomic E-state index is 11.9. The molecule has 0 bridgehead atoms. The molecule has 0 fully saturated rings. The van der Waals surface area contributed by atoms with Crippen LogP contribution in [0.2, 0.25) is 18.1 Å². The van der Waals surface area contributed by atoms with E-state index in [9.17, 15) is 9.59 Å². The van der Waals surface area contributed by atoms with E-state index in [4.69, 9.17) is 31.6 Å². The van der Waals surface area contributed by atoms with Crippen LogP contribution >= 0.6 is 21.6 Å². The van der Waals surface area contributed by atoms with Gasteiger partial charge in [-0.2, -0.15) is 0 Å². The molecule has 40 heavy (non-hydrogen) atoms. The fourth-order valence-electron chi connectivity index (χ4n) is 3.96. The Bertz CT molecular complexity index is 557. The van der Waals surface area contributed by atoms with Gasteiger partial charge in [0.25, 0.3) is 0 Å². The molecule has 0 aliphatic heterocycles. The van der Waals surface area contributed by atoms with Crippen molar-refractivity contribution in [3.8, 4) is 0 Å². The zero-order chi connectivity index (χ0) is 30.0. The summed E-state index contributed by atoms with van der Waals surface area (Å²) >= 11 is 0. The number of hydrogen-bond acceptors (Lipinski definition) is 11. The zero-order valence-electron chi connectivity index (χ0n) is 25.5. The normalized spacial score (nSPS) is 11.8. The lowest BCUT2D eigenvalue weighted by Crippen LogP contribution is -2.46. The molecule has 0 saturated heterocycles. The van der Waals surface area contributed by atoms with Crippen molar-refractivity contribution < 1.29 is 41.2 Å². The van der Waals surface area contributed by atoms with Crippen LogP contribution in [0.15, 0.2) is 0 Å². The molecule has 11 nitrogen and oxygen atoms in total. The minimum absolute atomic E-state index is 0.298. The highest BCUT2D eigenvalue weighted by atomic mass is 33.1. The summed E-state index contributed by atoms with van der Waals surface area (Å²) in [5.41, 5.74) is 0. The van der Waals surface area contributed by atoms with Crippen molar-refractivity contribution in [2.75, 3.05) is 70.8 Å². The van der Waals surface area contributed by atoms with Crippen LogP contribution < -0.4 is 10.6 Å². The predicted molar refractivity (Wildman–Crippen MR) is 167 cm³/mol. The molecule has 0 aromatic carbocycles. The van der Waals surface area contributed by atoms with Crippen LogP contribution in [0.4, 0.5) is 9.59 Å². The average molecular weight is 647 g/mol. The average Bonchev–Trinajstić information content (AvgIpc) is 2.91. The lowest BCUT2D eigenvalue weighted by atomic mass is 10.5. The van der Waals surface area contributed by atoms with E-state index >= 15 is 0 Å². The Kier molecular flexibility index (Phi) is 25.8. The number of alkyl carbamates (subject to hydrolysis) is 2. The topological polar surface area (TPSA) is 123 Å². The summed E-state index contributed by atoms with van der Waals surface area (Å²) in [4.78, 5) is 23.8. The van der Waals surface area contributed by atoms with E-state index in [0.29, 0.717) is 83.3 Å². The summed E-state index contributed by atoms with van der Waals surface area (Å²) < 4.78 is 39.9. The van der Waals surface area contributed by atoms with E-state index in [1.165, 1.54) is 0 Å². The molecule has 0 unspecified atom stereocenters. The smallest absolute Gasteiger partial charge is 0.449 e. The van der Waals surface area contributed by atoms with Gasteiger partial charge in [0, 0.05) is 63.7 Å². The van der Waals surface area contributed by atoms with Gasteiger partial charge in [-0.15, -0.1) is 0 Å². The molecule has 2 N–H and O–H groups in total. The first kappa shape index (κ1) is 39.5. The van der Waals surface area contributed by atoms with E-state index in [-0.39, 0.29) is 0 Å². The number of ether oxygens (including phenoxy) is 2. The van der Waals surface area contributed by atoms with Crippen molar-refractivity contribution in [2.24, 2.45) is 0 Å². The summed E-state index contributed by atoms with van der Waals surface area (Å²) in [6, 6.07) is 2.45. The first-order valence-electron chi connectivity index (χ1n) is 14.6. The molecule has 15 heteroatoms. The molecule has 0 aliphatic carbocycles. The minimum Gasteiger partial charge on any atom is -0.449 e. The van der Waals surface area contributed by atoms with Crippen molar-refractivity contribution in [3.63, 3.8) is 0 Å². The lowest BCUT2D eigenvalue weighted by Gasteiger charge is -2.29. The standard InChI is InChI=1S/C25H54N2O9S2Si2/c1-7-21-39(32-8-2,33-9-3)22-13-15-26-24(28)30-17-19-37-38-20-18-31-25(29)27-16-14-23-40(34-10-4,35-11-5)36-12-6/h7-23H2,1-6H3,(H,26,28)(H,27,29). The van der Waals surface area contributed by atoms with E-state index in [1.807, 2.05) is 34.6 Å². The van der Waals surface area contributed by atoms with Crippen molar-refractivity contribution >= 4 is 51.1 Å². The molecule has 0 spiro atoms. The number of hydrogen-bond donors (Lipinski definition) is 2. The summed E-state index contributed by atoms with van der Waals surface area (Å²) in [5.74, 6) is 1.29. The van der Waals surface area contributed by atoms with Crippen molar-refractivity contribution in [2.45, 2.75) is 78.9 Å². The highest BCUT2D eigenvalue weighted by molar-refractivity contribution is 8.76. The molecular formula is C25H54N2O9S2Si2. The summed E-state index contributed by atoms with van der Waals surface area (Å²) in [6.07, 6.45) is 1.65. The molecule has 0 aromatic rings. The molecule has 0 aromatic heterocycles. The number of carbonyl (C=O) groups excluding carboxylic acids is 2. The minimum atomic E-state index is -2.69. The second kappa shape index (κ2) is 26.1. The van der Waals surface area contributed by atoms with Gasteiger partial charge in [0.1, 0.15) is 13.2 Å². The molecular weight excluding hydrogens is 593 g/mol. The van der Waals surface area contributed by atoms with Crippen LogP contribution in [0, 0.1) is 0 Å². The fourth-order valence-corrected chi connectivity index (χ4v) is 11.7.